The number of ether oxygens (including phenoxy) is 4. The van der Waals surface area contributed by atoms with E-state index in [1.807, 2.05) is 50.2 Å². The number of nitrogens with one attached hydrogen (secondary N) is 2. The molecule has 25 heavy (non-hydrogen) atoms. The molecule has 1 aliphatic rings. The Labute approximate surface area is 152 Å². The highest BCUT2D eigenvalue weighted by Gasteiger charge is 2.14. The van der Waals surface area contributed by atoms with Crippen LogP contribution in [0.3, 0.4) is 0 Å². The first-order chi connectivity index (χ1) is 12.2. The average molecular weight is 360 g/mol. The van der Waals surface area contributed by atoms with Gasteiger partial charge in [-0.15, -0.1) is 0 Å². The van der Waals surface area contributed by atoms with Gasteiger partial charge in [-0.25, -0.2) is 0 Å². The van der Waals surface area contributed by atoms with Crippen molar-refractivity contribution in [2.24, 2.45) is 0 Å². The number of thiocarbonyl (C=S) groups is 1. The van der Waals surface area contributed by atoms with Crippen LogP contribution in [0, 0.1) is 0 Å². The molecule has 0 radical (unpaired) electrons. The standard InChI is InChI=1S/C18H20N2O4S/c1-3-21-13-6-8-15(22-4-2)14(10-13)20-18(25)19-12-5-7-16-17(9-12)24-11-23-16/h5-10H,3-4,11H2,1-2H3,(H2,19,20,25). The largest absolute Gasteiger partial charge is 0.494 e. The summed E-state index contributed by atoms with van der Waals surface area (Å²) in [6.45, 7) is 5.26. The van der Waals surface area contributed by atoms with Crippen molar-refractivity contribution in [3.63, 3.8) is 0 Å². The molecule has 3 rings (SSSR count). The number of hydrogen-bond acceptors (Lipinski definition) is 5. The lowest BCUT2D eigenvalue weighted by molar-refractivity contribution is 0.174. The Morgan fingerprint density at radius 2 is 1.80 bits per heavy atom. The quantitative estimate of drug-likeness (QED) is 0.755. The Morgan fingerprint density at radius 1 is 1.00 bits per heavy atom. The van der Waals surface area contributed by atoms with Gasteiger partial charge in [-0.05, 0) is 50.3 Å². The first-order valence-electron chi connectivity index (χ1n) is 8.07. The van der Waals surface area contributed by atoms with Crippen LogP contribution in [-0.2, 0) is 0 Å². The summed E-state index contributed by atoms with van der Waals surface area (Å²) in [6, 6.07) is 11.2. The van der Waals surface area contributed by atoms with Crippen molar-refractivity contribution in [1.29, 1.82) is 0 Å². The molecule has 0 aliphatic carbocycles. The molecule has 0 amide bonds. The van der Waals surface area contributed by atoms with Gasteiger partial charge in [0.1, 0.15) is 11.5 Å². The van der Waals surface area contributed by atoms with Gasteiger partial charge in [-0.2, -0.15) is 0 Å². The summed E-state index contributed by atoms with van der Waals surface area (Å²) in [5.41, 5.74) is 1.55. The molecule has 0 fully saturated rings. The Balaban J connectivity index is 1.72. The first-order valence-corrected chi connectivity index (χ1v) is 8.47. The van der Waals surface area contributed by atoms with Gasteiger partial charge in [0, 0.05) is 17.8 Å². The maximum absolute atomic E-state index is 5.64. The fraction of sp³-hybridized carbons (Fsp3) is 0.278. The topological polar surface area (TPSA) is 61.0 Å². The molecular formula is C18H20N2O4S. The van der Waals surface area contributed by atoms with Crippen LogP contribution in [-0.4, -0.2) is 25.1 Å². The van der Waals surface area contributed by atoms with Crippen LogP contribution >= 0.6 is 12.2 Å². The fourth-order valence-corrected chi connectivity index (χ4v) is 2.63. The Kier molecular flexibility index (Phi) is 5.45. The maximum Gasteiger partial charge on any atom is 0.231 e. The third-order valence-electron chi connectivity index (χ3n) is 3.44. The zero-order chi connectivity index (χ0) is 17.6. The molecule has 1 aliphatic heterocycles. The second kappa shape index (κ2) is 7.94. The summed E-state index contributed by atoms with van der Waals surface area (Å²) in [5.74, 6) is 2.88. The Morgan fingerprint density at radius 3 is 2.60 bits per heavy atom. The molecule has 0 saturated heterocycles. The first kappa shape index (κ1) is 17.2. The van der Waals surface area contributed by atoms with Crippen LogP contribution in [0.2, 0.25) is 0 Å². The third kappa shape index (κ3) is 4.24. The minimum Gasteiger partial charge on any atom is -0.494 e. The van der Waals surface area contributed by atoms with Crippen molar-refractivity contribution >= 4 is 28.7 Å². The van der Waals surface area contributed by atoms with Gasteiger partial charge >= 0.3 is 0 Å². The predicted octanol–water partition coefficient (Wildman–Crippen LogP) is 4.02. The van der Waals surface area contributed by atoms with E-state index in [2.05, 4.69) is 10.6 Å². The molecule has 0 unspecified atom stereocenters. The Hall–Kier alpha value is -2.67. The zero-order valence-electron chi connectivity index (χ0n) is 14.1. The third-order valence-corrected chi connectivity index (χ3v) is 3.64. The summed E-state index contributed by atoms with van der Waals surface area (Å²) < 4.78 is 21.9. The number of benzene rings is 2. The minimum atomic E-state index is 0.240. The lowest BCUT2D eigenvalue weighted by Gasteiger charge is -2.16. The smallest absolute Gasteiger partial charge is 0.231 e. The SMILES string of the molecule is CCOc1ccc(OCC)c(NC(=S)Nc2ccc3c(c2)OCO3)c1. The number of rotatable bonds is 6. The summed E-state index contributed by atoms with van der Waals surface area (Å²) in [6.07, 6.45) is 0. The summed E-state index contributed by atoms with van der Waals surface area (Å²) in [4.78, 5) is 0. The van der Waals surface area contributed by atoms with E-state index in [4.69, 9.17) is 31.2 Å². The van der Waals surface area contributed by atoms with Crippen LogP contribution in [0.5, 0.6) is 23.0 Å². The van der Waals surface area contributed by atoms with E-state index in [-0.39, 0.29) is 6.79 Å². The van der Waals surface area contributed by atoms with Gasteiger partial charge < -0.3 is 29.6 Å². The minimum absolute atomic E-state index is 0.240. The van der Waals surface area contributed by atoms with Crippen LogP contribution < -0.4 is 29.6 Å². The molecule has 1 heterocycles. The van der Waals surface area contributed by atoms with Gasteiger partial charge in [0.05, 0.1) is 18.9 Å². The highest BCUT2D eigenvalue weighted by molar-refractivity contribution is 7.80. The summed E-state index contributed by atoms with van der Waals surface area (Å²) in [7, 11) is 0. The Bertz CT molecular complexity index is 767. The van der Waals surface area contributed by atoms with Gasteiger partial charge in [0.25, 0.3) is 0 Å². The van der Waals surface area contributed by atoms with E-state index < -0.39 is 0 Å². The molecule has 0 saturated carbocycles. The number of hydrogen-bond donors (Lipinski definition) is 2. The van der Waals surface area contributed by atoms with Gasteiger partial charge in [0.15, 0.2) is 16.6 Å². The van der Waals surface area contributed by atoms with Crippen molar-refractivity contribution in [2.45, 2.75) is 13.8 Å². The van der Waals surface area contributed by atoms with Gasteiger partial charge in [-0.1, -0.05) is 0 Å². The molecule has 0 spiro atoms. The van der Waals surface area contributed by atoms with E-state index in [0.29, 0.717) is 29.8 Å². The van der Waals surface area contributed by atoms with E-state index in [1.54, 1.807) is 0 Å². The molecule has 132 valence electrons. The highest BCUT2D eigenvalue weighted by atomic mass is 32.1. The maximum atomic E-state index is 5.64. The van der Waals surface area contributed by atoms with Crippen molar-refractivity contribution in [1.82, 2.24) is 0 Å². The zero-order valence-corrected chi connectivity index (χ0v) is 14.9. The average Bonchev–Trinajstić information content (AvgIpc) is 3.05. The predicted molar refractivity (Wildman–Crippen MR) is 101 cm³/mol. The molecule has 0 aromatic heterocycles. The van der Waals surface area contributed by atoms with Crippen molar-refractivity contribution in [3.05, 3.63) is 36.4 Å². The van der Waals surface area contributed by atoms with Crippen LogP contribution in [0.15, 0.2) is 36.4 Å². The van der Waals surface area contributed by atoms with Gasteiger partial charge in [-0.3, -0.25) is 0 Å². The van der Waals surface area contributed by atoms with Crippen LogP contribution in [0.25, 0.3) is 0 Å². The normalized spacial score (nSPS) is 11.8. The highest BCUT2D eigenvalue weighted by Crippen LogP contribution is 2.34. The molecule has 0 bridgehead atoms. The van der Waals surface area contributed by atoms with E-state index >= 15 is 0 Å². The van der Waals surface area contributed by atoms with Crippen molar-refractivity contribution < 1.29 is 18.9 Å². The lowest BCUT2D eigenvalue weighted by atomic mass is 10.2. The summed E-state index contributed by atoms with van der Waals surface area (Å²) >= 11 is 5.41. The van der Waals surface area contributed by atoms with Crippen molar-refractivity contribution in [3.8, 4) is 23.0 Å². The van der Waals surface area contributed by atoms with E-state index in [0.717, 1.165) is 22.9 Å². The molecule has 2 N–H and O–H groups in total. The molecule has 7 heteroatoms. The van der Waals surface area contributed by atoms with Gasteiger partial charge in [0.2, 0.25) is 6.79 Å². The molecular weight excluding hydrogens is 340 g/mol. The van der Waals surface area contributed by atoms with E-state index in [9.17, 15) is 0 Å². The molecule has 2 aromatic rings. The van der Waals surface area contributed by atoms with Crippen molar-refractivity contribution in [2.75, 3.05) is 30.6 Å². The van der Waals surface area contributed by atoms with E-state index in [1.165, 1.54) is 0 Å². The molecule has 0 atom stereocenters. The second-order valence-electron chi connectivity index (χ2n) is 5.17. The summed E-state index contributed by atoms with van der Waals surface area (Å²) in [5, 5.41) is 6.72. The van der Waals surface area contributed by atoms with Crippen LogP contribution in [0.1, 0.15) is 13.8 Å². The number of fused-ring (bicyclic) bond motifs is 1. The number of anilines is 2. The monoisotopic (exact) mass is 360 g/mol. The molecule has 6 nitrogen and oxygen atoms in total. The second-order valence-corrected chi connectivity index (χ2v) is 5.58. The molecule has 2 aromatic carbocycles. The van der Waals surface area contributed by atoms with Crippen LogP contribution in [0.4, 0.5) is 11.4 Å². The fourth-order valence-electron chi connectivity index (χ4n) is 2.40. The lowest BCUT2D eigenvalue weighted by Crippen LogP contribution is -2.19.